The second-order valence-corrected chi connectivity index (χ2v) is 5.39. The monoisotopic (exact) mass is 284 g/mol. The first kappa shape index (κ1) is 13.5. The molecule has 21 heavy (non-hydrogen) atoms. The molecule has 1 atom stereocenters. The van der Waals surface area contributed by atoms with Crippen molar-refractivity contribution in [1.82, 2.24) is 9.88 Å². The molecule has 1 unspecified atom stereocenters. The van der Waals surface area contributed by atoms with Gasteiger partial charge in [0.15, 0.2) is 0 Å². The first-order valence-corrected chi connectivity index (χ1v) is 6.95. The van der Waals surface area contributed by atoms with Crippen LogP contribution in [0.15, 0.2) is 30.3 Å². The first-order chi connectivity index (χ1) is 10.1. The molecule has 0 aliphatic carbocycles. The number of carboxylic acids is 1. The smallest absolute Gasteiger partial charge is 0.308 e. The Kier molecular flexibility index (Phi) is 3.33. The first-order valence-electron chi connectivity index (χ1n) is 6.95. The lowest BCUT2D eigenvalue weighted by molar-refractivity contribution is -0.141. The number of nitrogens with zero attached hydrogens (tertiary/aromatic N) is 2. The van der Waals surface area contributed by atoms with Crippen LogP contribution in [0.5, 0.6) is 0 Å². The molecule has 1 amide bonds. The van der Waals surface area contributed by atoms with E-state index >= 15 is 0 Å². The lowest BCUT2D eigenvalue weighted by Gasteiger charge is -2.17. The maximum absolute atomic E-state index is 12.6. The summed E-state index contributed by atoms with van der Waals surface area (Å²) in [4.78, 5) is 29.6. The number of aromatic nitrogens is 1. The van der Waals surface area contributed by atoms with Gasteiger partial charge in [0.25, 0.3) is 5.91 Å². The number of carbonyl (C=O) groups excluding carboxylic acids is 1. The van der Waals surface area contributed by atoms with Crippen molar-refractivity contribution in [2.75, 3.05) is 13.1 Å². The van der Waals surface area contributed by atoms with Crippen LogP contribution in [0.3, 0.4) is 0 Å². The Balaban J connectivity index is 1.91. The van der Waals surface area contributed by atoms with Crippen molar-refractivity contribution >= 4 is 22.8 Å². The Morgan fingerprint density at radius 1 is 1.33 bits per heavy atom. The van der Waals surface area contributed by atoms with Crippen LogP contribution in [0.4, 0.5) is 0 Å². The minimum absolute atomic E-state index is 0.130. The topological polar surface area (TPSA) is 70.5 Å². The minimum atomic E-state index is -0.835. The molecule has 1 fully saturated rings. The molecular formula is C16H16N2O3. The van der Waals surface area contributed by atoms with Crippen LogP contribution in [0, 0.1) is 12.8 Å². The van der Waals surface area contributed by atoms with Crippen molar-refractivity contribution in [2.45, 2.75) is 13.3 Å². The number of para-hydroxylation sites is 1. The predicted molar refractivity (Wildman–Crippen MR) is 78.1 cm³/mol. The molecule has 108 valence electrons. The van der Waals surface area contributed by atoms with Crippen LogP contribution in [0.1, 0.15) is 22.5 Å². The van der Waals surface area contributed by atoms with Crippen molar-refractivity contribution < 1.29 is 14.7 Å². The average molecular weight is 284 g/mol. The third kappa shape index (κ3) is 2.46. The zero-order valence-electron chi connectivity index (χ0n) is 11.7. The Hall–Kier alpha value is -2.43. The van der Waals surface area contributed by atoms with Crippen molar-refractivity contribution in [3.8, 4) is 0 Å². The number of amides is 1. The van der Waals surface area contributed by atoms with Gasteiger partial charge in [0.1, 0.15) is 0 Å². The zero-order chi connectivity index (χ0) is 15.0. The van der Waals surface area contributed by atoms with Crippen LogP contribution in [0.25, 0.3) is 10.9 Å². The fourth-order valence-electron chi connectivity index (χ4n) is 2.75. The SMILES string of the molecule is Cc1nc2ccccc2cc1C(=O)N1CCC(C(=O)O)C1. The fourth-order valence-corrected chi connectivity index (χ4v) is 2.75. The van der Waals surface area contributed by atoms with Gasteiger partial charge in [-0.2, -0.15) is 0 Å². The molecule has 1 saturated heterocycles. The normalized spacial score (nSPS) is 18.1. The summed E-state index contributed by atoms with van der Waals surface area (Å²) < 4.78 is 0. The van der Waals surface area contributed by atoms with Gasteiger partial charge in [-0.1, -0.05) is 18.2 Å². The molecule has 1 N–H and O–H groups in total. The van der Waals surface area contributed by atoms with E-state index in [4.69, 9.17) is 5.11 Å². The summed E-state index contributed by atoms with van der Waals surface area (Å²) in [5, 5.41) is 9.95. The van der Waals surface area contributed by atoms with Gasteiger partial charge in [-0.05, 0) is 25.5 Å². The third-order valence-electron chi connectivity index (χ3n) is 3.97. The number of pyridine rings is 1. The van der Waals surface area contributed by atoms with Crippen LogP contribution in [0.2, 0.25) is 0 Å². The highest BCUT2D eigenvalue weighted by Crippen LogP contribution is 2.22. The molecule has 0 spiro atoms. The predicted octanol–water partition coefficient (Wildman–Crippen LogP) is 2.09. The molecule has 0 saturated carbocycles. The third-order valence-corrected chi connectivity index (χ3v) is 3.97. The number of carbonyl (C=O) groups is 2. The lowest BCUT2D eigenvalue weighted by atomic mass is 10.1. The van der Waals surface area contributed by atoms with Gasteiger partial charge in [-0.3, -0.25) is 14.6 Å². The molecule has 5 nitrogen and oxygen atoms in total. The highest BCUT2D eigenvalue weighted by Gasteiger charge is 2.31. The van der Waals surface area contributed by atoms with E-state index in [1.165, 1.54) is 0 Å². The van der Waals surface area contributed by atoms with E-state index in [9.17, 15) is 9.59 Å². The van der Waals surface area contributed by atoms with Crippen LogP contribution in [-0.2, 0) is 4.79 Å². The molecule has 0 bridgehead atoms. The van der Waals surface area contributed by atoms with Gasteiger partial charge in [0.2, 0.25) is 0 Å². The summed E-state index contributed by atoms with van der Waals surface area (Å²) in [6.45, 7) is 2.58. The van der Waals surface area contributed by atoms with Crippen LogP contribution in [-0.4, -0.2) is 40.0 Å². The van der Waals surface area contributed by atoms with Crippen LogP contribution >= 0.6 is 0 Å². The summed E-state index contributed by atoms with van der Waals surface area (Å²) >= 11 is 0. The Morgan fingerprint density at radius 3 is 2.81 bits per heavy atom. The summed E-state index contributed by atoms with van der Waals surface area (Å²) in [6.07, 6.45) is 0.515. The largest absolute Gasteiger partial charge is 0.481 e. The molecule has 5 heteroatoms. The van der Waals surface area contributed by atoms with E-state index in [1.807, 2.05) is 37.3 Å². The number of fused-ring (bicyclic) bond motifs is 1. The highest BCUT2D eigenvalue weighted by molar-refractivity contribution is 5.99. The van der Waals surface area contributed by atoms with E-state index in [2.05, 4.69) is 4.98 Å². The van der Waals surface area contributed by atoms with Gasteiger partial charge < -0.3 is 10.0 Å². The summed E-state index contributed by atoms with van der Waals surface area (Å²) in [5.74, 6) is -1.42. The number of hydrogen-bond acceptors (Lipinski definition) is 3. The highest BCUT2D eigenvalue weighted by atomic mass is 16.4. The van der Waals surface area contributed by atoms with E-state index < -0.39 is 11.9 Å². The number of aliphatic carboxylic acids is 1. The summed E-state index contributed by atoms with van der Waals surface area (Å²) in [6, 6.07) is 9.49. The average Bonchev–Trinajstić information content (AvgIpc) is 2.96. The van der Waals surface area contributed by atoms with Crippen molar-refractivity contribution in [2.24, 2.45) is 5.92 Å². The summed E-state index contributed by atoms with van der Waals surface area (Å²) in [7, 11) is 0. The van der Waals surface area contributed by atoms with Crippen molar-refractivity contribution in [3.05, 3.63) is 41.6 Å². The lowest BCUT2D eigenvalue weighted by Crippen LogP contribution is -2.30. The number of hydrogen-bond donors (Lipinski definition) is 1. The molecule has 1 aromatic carbocycles. The van der Waals surface area contributed by atoms with E-state index in [-0.39, 0.29) is 12.5 Å². The second kappa shape index (κ2) is 5.16. The Bertz CT molecular complexity index is 727. The maximum Gasteiger partial charge on any atom is 0.308 e. The molecule has 3 rings (SSSR count). The van der Waals surface area contributed by atoms with E-state index in [0.717, 1.165) is 10.9 Å². The molecule has 2 aromatic rings. The summed E-state index contributed by atoms with van der Waals surface area (Å²) in [5.41, 5.74) is 2.09. The standard InChI is InChI=1S/C16H16N2O3/c1-10-13(8-11-4-2-3-5-14(11)17-10)15(19)18-7-6-12(9-18)16(20)21/h2-5,8,12H,6-7,9H2,1H3,(H,20,21). The number of likely N-dealkylation sites (tertiary alicyclic amines) is 1. The number of carboxylic acid groups (broad SMARTS) is 1. The van der Waals surface area contributed by atoms with E-state index in [0.29, 0.717) is 24.2 Å². The fraction of sp³-hybridized carbons (Fsp3) is 0.312. The Morgan fingerprint density at radius 2 is 2.10 bits per heavy atom. The molecule has 1 aromatic heterocycles. The number of aryl methyl sites for hydroxylation is 1. The van der Waals surface area contributed by atoms with Gasteiger partial charge in [0, 0.05) is 18.5 Å². The van der Waals surface area contributed by atoms with Crippen molar-refractivity contribution in [3.63, 3.8) is 0 Å². The molecular weight excluding hydrogens is 268 g/mol. The van der Waals surface area contributed by atoms with E-state index in [1.54, 1.807) is 4.90 Å². The molecule has 1 aliphatic rings. The molecule has 0 radical (unpaired) electrons. The Labute approximate surface area is 122 Å². The maximum atomic E-state index is 12.6. The number of rotatable bonds is 2. The zero-order valence-corrected chi connectivity index (χ0v) is 11.7. The number of benzene rings is 1. The minimum Gasteiger partial charge on any atom is -0.481 e. The van der Waals surface area contributed by atoms with Gasteiger partial charge >= 0.3 is 5.97 Å². The van der Waals surface area contributed by atoms with Gasteiger partial charge in [0.05, 0.1) is 22.7 Å². The molecule has 2 heterocycles. The quantitative estimate of drug-likeness (QED) is 0.916. The van der Waals surface area contributed by atoms with Crippen LogP contribution < -0.4 is 0 Å². The van der Waals surface area contributed by atoms with Gasteiger partial charge in [-0.15, -0.1) is 0 Å². The molecule has 1 aliphatic heterocycles. The van der Waals surface area contributed by atoms with Gasteiger partial charge in [-0.25, -0.2) is 0 Å². The van der Waals surface area contributed by atoms with Crippen molar-refractivity contribution in [1.29, 1.82) is 0 Å². The second-order valence-electron chi connectivity index (χ2n) is 5.39.